The number of hydrogen-bond donors (Lipinski definition) is 1. The minimum atomic E-state index is -0.430. The third-order valence-corrected chi connectivity index (χ3v) is 4.17. The van der Waals surface area contributed by atoms with E-state index >= 15 is 0 Å². The maximum atomic E-state index is 11.9. The van der Waals surface area contributed by atoms with Crippen LogP contribution in [-0.2, 0) is 14.3 Å². The van der Waals surface area contributed by atoms with E-state index in [9.17, 15) is 9.59 Å². The number of halogens is 1. The Morgan fingerprint density at radius 2 is 1.91 bits per heavy atom. The molecule has 120 valence electrons. The van der Waals surface area contributed by atoms with Crippen LogP contribution in [0.25, 0.3) is 0 Å². The molecule has 1 amide bonds. The van der Waals surface area contributed by atoms with Crippen molar-refractivity contribution in [3.05, 3.63) is 59.6 Å². The number of carbonyl (C=O) groups excluding carboxylic acids is 2. The first-order chi connectivity index (χ1) is 11.0. The van der Waals surface area contributed by atoms with Gasteiger partial charge in [0.05, 0.1) is 0 Å². The van der Waals surface area contributed by atoms with E-state index in [1.165, 1.54) is 11.8 Å². The van der Waals surface area contributed by atoms with Crippen LogP contribution in [0, 0.1) is 0 Å². The van der Waals surface area contributed by atoms with Crippen molar-refractivity contribution >= 4 is 40.9 Å². The topological polar surface area (TPSA) is 55.4 Å². The SMILES string of the molecule is C[C@@H](Sc1ccccc1)C(=O)OCC(=O)Nc1cccc(Cl)c1. The molecule has 0 aliphatic carbocycles. The molecule has 0 spiro atoms. The molecule has 1 N–H and O–H groups in total. The number of carbonyl (C=O) groups is 2. The molecule has 4 nitrogen and oxygen atoms in total. The number of hydrogen-bond acceptors (Lipinski definition) is 4. The number of rotatable bonds is 6. The predicted octanol–water partition coefficient (Wildman–Crippen LogP) is 4.00. The van der Waals surface area contributed by atoms with Crippen molar-refractivity contribution in [1.82, 2.24) is 0 Å². The highest BCUT2D eigenvalue weighted by atomic mass is 35.5. The summed E-state index contributed by atoms with van der Waals surface area (Å²) in [7, 11) is 0. The van der Waals surface area contributed by atoms with Crippen molar-refractivity contribution < 1.29 is 14.3 Å². The minimum absolute atomic E-state index is 0.328. The minimum Gasteiger partial charge on any atom is -0.455 e. The molecule has 1 atom stereocenters. The van der Waals surface area contributed by atoms with Crippen LogP contribution in [0.1, 0.15) is 6.92 Å². The summed E-state index contributed by atoms with van der Waals surface area (Å²) in [6.45, 7) is 1.42. The van der Waals surface area contributed by atoms with Gasteiger partial charge in [0.25, 0.3) is 5.91 Å². The molecule has 0 aliphatic heterocycles. The molecule has 0 heterocycles. The quantitative estimate of drug-likeness (QED) is 0.632. The number of benzene rings is 2. The first-order valence-corrected chi connectivity index (χ1v) is 8.24. The van der Waals surface area contributed by atoms with E-state index in [1.54, 1.807) is 31.2 Å². The number of anilines is 1. The molecule has 0 saturated carbocycles. The molecule has 0 bridgehead atoms. The zero-order valence-corrected chi connectivity index (χ0v) is 14.1. The third kappa shape index (κ3) is 5.96. The number of esters is 1. The maximum absolute atomic E-state index is 11.9. The number of amides is 1. The lowest BCUT2D eigenvalue weighted by atomic mass is 10.3. The molecule has 0 aromatic heterocycles. The highest BCUT2D eigenvalue weighted by molar-refractivity contribution is 8.00. The average Bonchev–Trinajstić information content (AvgIpc) is 2.53. The summed E-state index contributed by atoms with van der Waals surface area (Å²) in [5, 5.41) is 2.75. The lowest BCUT2D eigenvalue weighted by Gasteiger charge is -2.11. The lowest BCUT2D eigenvalue weighted by Crippen LogP contribution is -2.24. The first-order valence-electron chi connectivity index (χ1n) is 6.98. The van der Waals surface area contributed by atoms with Crippen LogP contribution in [0.4, 0.5) is 5.69 Å². The summed E-state index contributed by atoms with van der Waals surface area (Å²) in [5.41, 5.74) is 0.560. The van der Waals surface area contributed by atoms with Crippen molar-refractivity contribution in [3.8, 4) is 0 Å². The van der Waals surface area contributed by atoms with Crippen molar-refractivity contribution in [2.45, 2.75) is 17.1 Å². The Kier molecular flexibility index (Phi) is 6.50. The summed E-state index contributed by atoms with van der Waals surface area (Å²) in [4.78, 5) is 24.7. The van der Waals surface area contributed by atoms with Gasteiger partial charge in [0.1, 0.15) is 5.25 Å². The van der Waals surface area contributed by atoms with Crippen LogP contribution >= 0.6 is 23.4 Å². The van der Waals surface area contributed by atoms with Gasteiger partial charge < -0.3 is 10.1 Å². The van der Waals surface area contributed by atoms with Crippen LogP contribution in [-0.4, -0.2) is 23.7 Å². The fourth-order valence-electron chi connectivity index (χ4n) is 1.77. The molecule has 0 aliphatic rings. The van der Waals surface area contributed by atoms with Crippen molar-refractivity contribution in [2.24, 2.45) is 0 Å². The Morgan fingerprint density at radius 3 is 2.61 bits per heavy atom. The van der Waals surface area contributed by atoms with Crippen molar-refractivity contribution in [1.29, 1.82) is 0 Å². The summed E-state index contributed by atoms with van der Waals surface area (Å²) in [6, 6.07) is 16.3. The fraction of sp³-hybridized carbons (Fsp3) is 0.176. The molecule has 6 heteroatoms. The first kappa shape index (κ1) is 17.4. The molecule has 23 heavy (non-hydrogen) atoms. The van der Waals surface area contributed by atoms with Gasteiger partial charge in [0.2, 0.25) is 0 Å². The molecule has 0 radical (unpaired) electrons. The molecule has 2 aromatic carbocycles. The van der Waals surface area contributed by atoms with E-state index in [-0.39, 0.29) is 6.61 Å². The smallest absolute Gasteiger partial charge is 0.319 e. The Hall–Kier alpha value is -1.98. The van der Waals surface area contributed by atoms with Crippen LogP contribution in [0.2, 0.25) is 5.02 Å². The van der Waals surface area contributed by atoms with Gasteiger partial charge in [-0.05, 0) is 37.3 Å². The van der Waals surface area contributed by atoms with Gasteiger partial charge in [0, 0.05) is 15.6 Å². The normalized spacial score (nSPS) is 11.6. The van der Waals surface area contributed by atoms with E-state index in [0.29, 0.717) is 10.7 Å². The van der Waals surface area contributed by atoms with Gasteiger partial charge in [-0.1, -0.05) is 35.9 Å². The summed E-state index contributed by atoms with van der Waals surface area (Å²) < 4.78 is 5.04. The monoisotopic (exact) mass is 349 g/mol. The Morgan fingerprint density at radius 1 is 1.17 bits per heavy atom. The highest BCUT2D eigenvalue weighted by Crippen LogP contribution is 2.23. The molecular weight excluding hydrogens is 334 g/mol. The van der Waals surface area contributed by atoms with Gasteiger partial charge in [-0.25, -0.2) is 0 Å². The van der Waals surface area contributed by atoms with Gasteiger partial charge in [0.15, 0.2) is 6.61 Å². The average molecular weight is 350 g/mol. The van der Waals surface area contributed by atoms with Crippen LogP contribution < -0.4 is 5.32 Å². The highest BCUT2D eigenvalue weighted by Gasteiger charge is 2.17. The summed E-state index contributed by atoms with van der Waals surface area (Å²) in [5.74, 6) is -0.836. The summed E-state index contributed by atoms with van der Waals surface area (Å²) in [6.07, 6.45) is 0. The Balaban J connectivity index is 1.78. The predicted molar refractivity (Wildman–Crippen MR) is 92.8 cm³/mol. The van der Waals surface area contributed by atoms with Gasteiger partial charge >= 0.3 is 5.97 Å². The molecule has 0 fully saturated rings. The number of ether oxygens (including phenoxy) is 1. The zero-order chi connectivity index (χ0) is 16.7. The lowest BCUT2D eigenvalue weighted by molar-refractivity contribution is -0.146. The fourth-order valence-corrected chi connectivity index (χ4v) is 2.85. The van der Waals surface area contributed by atoms with E-state index in [4.69, 9.17) is 16.3 Å². The van der Waals surface area contributed by atoms with Gasteiger partial charge in [-0.15, -0.1) is 11.8 Å². The van der Waals surface area contributed by atoms with Crippen LogP contribution in [0.5, 0.6) is 0 Å². The van der Waals surface area contributed by atoms with E-state index in [0.717, 1.165) is 4.90 Å². The molecule has 0 saturated heterocycles. The van der Waals surface area contributed by atoms with Gasteiger partial charge in [-0.2, -0.15) is 0 Å². The van der Waals surface area contributed by atoms with E-state index in [1.807, 2.05) is 30.3 Å². The maximum Gasteiger partial charge on any atom is 0.319 e. The molecular formula is C17H16ClNO3S. The second-order valence-corrected chi connectivity index (χ2v) is 6.59. The van der Waals surface area contributed by atoms with Gasteiger partial charge in [-0.3, -0.25) is 9.59 Å². The molecule has 2 rings (SSSR count). The molecule has 0 unspecified atom stereocenters. The van der Waals surface area contributed by atoms with Crippen LogP contribution in [0.3, 0.4) is 0 Å². The van der Waals surface area contributed by atoms with Crippen LogP contribution in [0.15, 0.2) is 59.5 Å². The largest absolute Gasteiger partial charge is 0.455 e. The number of thioether (sulfide) groups is 1. The zero-order valence-electron chi connectivity index (χ0n) is 12.5. The Bertz CT molecular complexity index is 679. The number of nitrogens with one attached hydrogen (secondary N) is 1. The third-order valence-electron chi connectivity index (χ3n) is 2.84. The second-order valence-electron chi connectivity index (χ2n) is 4.74. The van der Waals surface area contributed by atoms with E-state index < -0.39 is 17.1 Å². The standard InChI is InChI=1S/C17H16ClNO3S/c1-12(23-15-8-3-2-4-9-15)17(21)22-11-16(20)19-14-7-5-6-13(18)10-14/h2-10,12H,11H2,1H3,(H,19,20)/t12-/m1/s1. The Labute approximate surface area is 144 Å². The van der Waals surface area contributed by atoms with E-state index in [2.05, 4.69) is 5.32 Å². The summed E-state index contributed by atoms with van der Waals surface area (Å²) >= 11 is 7.22. The van der Waals surface area contributed by atoms with Crippen molar-refractivity contribution in [3.63, 3.8) is 0 Å². The van der Waals surface area contributed by atoms with Crippen molar-refractivity contribution in [2.75, 3.05) is 11.9 Å². The second kappa shape index (κ2) is 8.60. The molecule has 2 aromatic rings.